The van der Waals surface area contributed by atoms with Crippen molar-refractivity contribution in [3.63, 3.8) is 0 Å². The van der Waals surface area contributed by atoms with Gasteiger partial charge < -0.3 is 14.2 Å². The van der Waals surface area contributed by atoms with E-state index in [1.54, 1.807) is 6.26 Å². The standard InChI is InChI=1S/C53H55BN2O/c1-32-26-46-49-47(27-32)56(50-33(2)28-38(29-34(50)3)53(10,11)12)45-30-35(40-14-13-15-48-41(40)24-25-57-48)16-22-42(45)54(49)43-31-37(52(7,8)9)19-23-44(43)55(46)39-20-17-36(18-21-39)51(4,5)6/h13-31H,1-12H3. The van der Waals surface area contributed by atoms with Crippen LogP contribution in [0.15, 0.2) is 120 Å². The first-order valence-corrected chi connectivity index (χ1v) is 20.6. The van der Waals surface area contributed by atoms with E-state index in [-0.39, 0.29) is 23.0 Å². The fourth-order valence-electron chi connectivity index (χ4n) is 9.39. The number of fused-ring (bicyclic) bond motifs is 5. The van der Waals surface area contributed by atoms with E-state index in [2.05, 4.69) is 202 Å². The summed E-state index contributed by atoms with van der Waals surface area (Å²) in [7, 11) is 0. The molecule has 3 nitrogen and oxygen atoms in total. The summed E-state index contributed by atoms with van der Waals surface area (Å²) in [5.74, 6) is 0. The molecule has 0 saturated heterocycles. The lowest BCUT2D eigenvalue weighted by atomic mass is 9.33. The van der Waals surface area contributed by atoms with Crippen molar-refractivity contribution in [1.29, 1.82) is 0 Å². The lowest BCUT2D eigenvalue weighted by Gasteiger charge is -2.45. The van der Waals surface area contributed by atoms with E-state index in [0.717, 1.165) is 11.0 Å². The lowest BCUT2D eigenvalue weighted by Crippen LogP contribution is -2.61. The first-order chi connectivity index (χ1) is 26.9. The summed E-state index contributed by atoms with van der Waals surface area (Å²) in [5.41, 5.74) is 22.6. The summed E-state index contributed by atoms with van der Waals surface area (Å²) in [5, 5.41) is 1.13. The highest BCUT2D eigenvalue weighted by molar-refractivity contribution is 7.00. The van der Waals surface area contributed by atoms with Gasteiger partial charge in [0, 0.05) is 33.8 Å². The third-order valence-electron chi connectivity index (χ3n) is 12.5. The number of hydrogen-bond donors (Lipinski definition) is 0. The molecule has 0 amide bonds. The second kappa shape index (κ2) is 12.8. The van der Waals surface area contributed by atoms with Gasteiger partial charge in [-0.1, -0.05) is 123 Å². The Hall–Kier alpha value is -5.48. The Labute approximate surface area is 340 Å². The van der Waals surface area contributed by atoms with E-state index in [0.29, 0.717) is 0 Å². The molecule has 2 aliphatic heterocycles. The van der Waals surface area contributed by atoms with Crippen LogP contribution in [0.25, 0.3) is 22.1 Å². The molecule has 0 radical (unpaired) electrons. The van der Waals surface area contributed by atoms with Crippen molar-refractivity contribution in [1.82, 2.24) is 0 Å². The number of furan rings is 1. The first kappa shape index (κ1) is 37.1. The van der Waals surface area contributed by atoms with E-state index in [1.165, 1.54) is 95.0 Å². The molecule has 0 atom stereocenters. The first-order valence-electron chi connectivity index (χ1n) is 20.6. The van der Waals surface area contributed by atoms with Crippen LogP contribution in [0.2, 0.25) is 0 Å². The van der Waals surface area contributed by atoms with Crippen molar-refractivity contribution in [2.75, 3.05) is 9.80 Å². The minimum absolute atomic E-state index is 0.00963. The second-order valence-corrected chi connectivity index (χ2v) is 19.8. The van der Waals surface area contributed by atoms with Gasteiger partial charge in [0.1, 0.15) is 5.58 Å². The maximum Gasteiger partial charge on any atom is 0.252 e. The van der Waals surface area contributed by atoms with Gasteiger partial charge in [-0.3, -0.25) is 0 Å². The van der Waals surface area contributed by atoms with Crippen LogP contribution < -0.4 is 26.2 Å². The third-order valence-corrected chi connectivity index (χ3v) is 12.5. The van der Waals surface area contributed by atoms with Crippen LogP contribution in [0.4, 0.5) is 34.1 Å². The zero-order chi connectivity index (χ0) is 40.3. The van der Waals surface area contributed by atoms with Gasteiger partial charge in [-0.2, -0.15) is 0 Å². The van der Waals surface area contributed by atoms with Crippen LogP contribution in [-0.4, -0.2) is 6.71 Å². The summed E-state index contributed by atoms with van der Waals surface area (Å²) in [6, 6.07) is 41.9. The molecule has 0 N–H and O–H groups in total. The molecule has 9 rings (SSSR count). The van der Waals surface area contributed by atoms with Gasteiger partial charge in [-0.25, -0.2) is 0 Å². The molecular formula is C53H55BN2O. The normalized spacial score (nSPS) is 13.9. The molecule has 57 heavy (non-hydrogen) atoms. The van der Waals surface area contributed by atoms with E-state index in [9.17, 15) is 0 Å². The molecule has 2 aliphatic rings. The molecule has 7 aromatic rings. The van der Waals surface area contributed by atoms with Gasteiger partial charge in [0.25, 0.3) is 6.71 Å². The molecule has 0 saturated carbocycles. The van der Waals surface area contributed by atoms with Gasteiger partial charge >= 0.3 is 0 Å². The van der Waals surface area contributed by atoms with Crippen molar-refractivity contribution in [2.45, 2.75) is 99.3 Å². The summed E-state index contributed by atoms with van der Waals surface area (Å²) in [6.45, 7) is 27.7. The molecule has 0 unspecified atom stereocenters. The van der Waals surface area contributed by atoms with E-state index in [1.807, 2.05) is 0 Å². The molecule has 0 aliphatic carbocycles. The molecule has 1 aromatic heterocycles. The number of rotatable bonds is 3. The van der Waals surface area contributed by atoms with Crippen LogP contribution >= 0.6 is 0 Å². The molecule has 0 bridgehead atoms. The van der Waals surface area contributed by atoms with Crippen LogP contribution in [0.3, 0.4) is 0 Å². The lowest BCUT2D eigenvalue weighted by molar-refractivity contribution is 0.589. The Morgan fingerprint density at radius 2 is 1.14 bits per heavy atom. The molecule has 0 fully saturated rings. The van der Waals surface area contributed by atoms with Crippen LogP contribution in [0, 0.1) is 20.8 Å². The molecule has 4 heteroatoms. The Morgan fingerprint density at radius 3 is 1.79 bits per heavy atom. The third kappa shape index (κ3) is 6.02. The fraction of sp³-hybridized carbons (Fsp3) is 0.283. The number of anilines is 6. The minimum Gasteiger partial charge on any atom is -0.464 e. The maximum absolute atomic E-state index is 5.90. The largest absolute Gasteiger partial charge is 0.464 e. The monoisotopic (exact) mass is 746 g/mol. The van der Waals surface area contributed by atoms with E-state index < -0.39 is 0 Å². The number of nitrogens with zero attached hydrogens (tertiary/aromatic N) is 2. The van der Waals surface area contributed by atoms with Gasteiger partial charge in [0.15, 0.2) is 0 Å². The predicted octanol–water partition coefficient (Wildman–Crippen LogP) is 13.0. The molecule has 3 heterocycles. The summed E-state index contributed by atoms with van der Waals surface area (Å²) < 4.78 is 5.90. The number of hydrogen-bond acceptors (Lipinski definition) is 3. The predicted molar refractivity (Wildman–Crippen MR) is 246 cm³/mol. The van der Waals surface area contributed by atoms with Crippen LogP contribution in [0.1, 0.15) is 95.7 Å². The summed E-state index contributed by atoms with van der Waals surface area (Å²) in [4.78, 5) is 5.14. The Morgan fingerprint density at radius 1 is 0.509 bits per heavy atom. The molecule has 286 valence electrons. The average molecular weight is 747 g/mol. The highest BCUT2D eigenvalue weighted by Crippen LogP contribution is 2.48. The van der Waals surface area contributed by atoms with Crippen molar-refractivity contribution in [2.24, 2.45) is 0 Å². The smallest absolute Gasteiger partial charge is 0.252 e. The highest BCUT2D eigenvalue weighted by Gasteiger charge is 2.44. The molecular weight excluding hydrogens is 691 g/mol. The van der Waals surface area contributed by atoms with E-state index >= 15 is 0 Å². The Balaban J connectivity index is 1.38. The quantitative estimate of drug-likeness (QED) is 0.168. The van der Waals surface area contributed by atoms with Crippen LogP contribution in [-0.2, 0) is 16.2 Å². The summed E-state index contributed by atoms with van der Waals surface area (Å²) in [6.07, 6.45) is 1.80. The highest BCUT2D eigenvalue weighted by atomic mass is 16.3. The van der Waals surface area contributed by atoms with Gasteiger partial charge in [-0.15, -0.1) is 0 Å². The number of aryl methyl sites for hydroxylation is 3. The van der Waals surface area contributed by atoms with Crippen molar-refractivity contribution in [3.05, 3.63) is 149 Å². The molecule has 6 aromatic carbocycles. The van der Waals surface area contributed by atoms with Crippen molar-refractivity contribution >= 4 is 68.2 Å². The average Bonchev–Trinajstić information content (AvgIpc) is 3.63. The van der Waals surface area contributed by atoms with Gasteiger partial charge in [0.05, 0.1) is 12.0 Å². The topological polar surface area (TPSA) is 19.6 Å². The van der Waals surface area contributed by atoms with Crippen molar-refractivity contribution < 1.29 is 4.42 Å². The van der Waals surface area contributed by atoms with Crippen molar-refractivity contribution in [3.8, 4) is 11.1 Å². The zero-order valence-electron chi connectivity index (χ0n) is 35.8. The van der Waals surface area contributed by atoms with Gasteiger partial charge in [0.2, 0.25) is 0 Å². The summed E-state index contributed by atoms with van der Waals surface area (Å²) >= 11 is 0. The minimum atomic E-state index is -0.00963. The second-order valence-electron chi connectivity index (χ2n) is 19.8. The molecule has 0 spiro atoms. The SMILES string of the molecule is Cc1cc2c3c(c1)N(c1c(C)cc(C(C)(C)C)cc1C)c1cc(-c4cccc5occc45)ccc1B3c1cc(C(C)(C)C)ccc1N2c1ccc(C(C)(C)C)cc1. The van der Waals surface area contributed by atoms with Crippen LogP contribution in [0.5, 0.6) is 0 Å². The van der Waals surface area contributed by atoms with E-state index in [4.69, 9.17) is 4.42 Å². The number of benzene rings is 6. The Kier molecular flexibility index (Phi) is 8.31. The van der Waals surface area contributed by atoms with Gasteiger partial charge in [-0.05, 0) is 146 Å². The fourth-order valence-corrected chi connectivity index (χ4v) is 9.39. The maximum atomic E-state index is 5.90. The Bertz CT molecular complexity index is 2710. The zero-order valence-corrected chi connectivity index (χ0v) is 35.8.